The largest absolute Gasteiger partial charge is 0.507 e. The number of hydrogen-bond donors (Lipinski definition) is 1. The minimum absolute atomic E-state index is 0.0874. The zero-order valence-corrected chi connectivity index (χ0v) is 16.1. The van der Waals surface area contributed by atoms with Crippen molar-refractivity contribution in [2.45, 2.75) is 20.5 Å². The molecule has 0 unspecified atom stereocenters. The van der Waals surface area contributed by atoms with Gasteiger partial charge in [0.1, 0.15) is 16.6 Å². The van der Waals surface area contributed by atoms with Gasteiger partial charge in [0, 0.05) is 5.56 Å². The van der Waals surface area contributed by atoms with Gasteiger partial charge in [-0.3, -0.25) is 0 Å². The molecule has 0 atom stereocenters. The van der Waals surface area contributed by atoms with Crippen molar-refractivity contribution in [3.8, 4) is 32.6 Å². The molecule has 148 valence electrons. The molecule has 0 saturated heterocycles. The summed E-state index contributed by atoms with van der Waals surface area (Å²) in [7, 11) is 0. The smallest absolute Gasteiger partial charge is 0.388 e. The predicted molar refractivity (Wildman–Crippen MR) is 104 cm³/mol. The van der Waals surface area contributed by atoms with Gasteiger partial charge in [0.2, 0.25) is 5.88 Å². The van der Waals surface area contributed by atoms with Gasteiger partial charge in [0.15, 0.2) is 0 Å². The van der Waals surface area contributed by atoms with Gasteiger partial charge in [0.25, 0.3) is 0 Å². The highest BCUT2D eigenvalue weighted by Crippen LogP contribution is 2.42. The first-order valence-corrected chi connectivity index (χ1v) is 9.33. The predicted octanol–water partition coefficient (Wildman–Crippen LogP) is 5.48. The van der Waals surface area contributed by atoms with Crippen molar-refractivity contribution in [2.75, 3.05) is 0 Å². The molecule has 2 heterocycles. The van der Waals surface area contributed by atoms with Crippen LogP contribution in [-0.4, -0.2) is 26.7 Å². The van der Waals surface area contributed by atoms with Crippen LogP contribution in [0.15, 0.2) is 36.5 Å². The average Bonchev–Trinajstić information content (AvgIpc) is 3.01. The monoisotopic (exact) mass is 417 g/mol. The highest BCUT2D eigenvalue weighted by atomic mass is 32.1. The molecule has 0 amide bonds. The van der Waals surface area contributed by atoms with E-state index in [-0.39, 0.29) is 17.2 Å². The lowest BCUT2D eigenvalue weighted by Gasteiger charge is -2.07. The minimum Gasteiger partial charge on any atom is -0.507 e. The second-order valence-corrected chi connectivity index (χ2v) is 7.33. The Hall–Kier alpha value is -3.20. The highest BCUT2D eigenvalue weighted by molar-refractivity contribution is 7.18. The summed E-state index contributed by atoms with van der Waals surface area (Å²) < 4.78 is 43.6. The van der Waals surface area contributed by atoms with E-state index in [4.69, 9.17) is 0 Å². The van der Waals surface area contributed by atoms with Gasteiger partial charge in [-0.1, -0.05) is 6.07 Å². The van der Waals surface area contributed by atoms with Gasteiger partial charge in [-0.2, -0.15) is 8.78 Å². The second kappa shape index (κ2) is 7.32. The minimum atomic E-state index is -3.00. The lowest BCUT2D eigenvalue weighted by Crippen LogP contribution is -2.04. The maximum atomic E-state index is 14.3. The number of thiazole rings is 1. The van der Waals surface area contributed by atoms with E-state index in [2.05, 4.69) is 19.7 Å². The number of phenols is 1. The SMILES string of the molecule is Cc1cc(-c2nc(C)c(-c3c(O)cccc3F)s2)c2ncc(OC(F)F)nc2c1. The van der Waals surface area contributed by atoms with Crippen LogP contribution in [0.4, 0.5) is 13.2 Å². The molecule has 2 aromatic carbocycles. The van der Waals surface area contributed by atoms with Crippen LogP contribution in [0.2, 0.25) is 0 Å². The molecule has 2 aromatic heterocycles. The standard InChI is InChI=1S/C20H14F3N3O2S/c1-9-6-11(17-13(7-9)26-15(8-24-17)28-20(22)23)19-25-10(2)18(29-19)16-12(21)4-3-5-14(16)27/h3-8,20,27H,1-2H3. The average molecular weight is 417 g/mol. The maximum Gasteiger partial charge on any atom is 0.388 e. The van der Waals surface area contributed by atoms with Crippen molar-refractivity contribution < 1.29 is 23.0 Å². The number of benzene rings is 2. The van der Waals surface area contributed by atoms with Gasteiger partial charge < -0.3 is 9.84 Å². The third kappa shape index (κ3) is 3.61. The van der Waals surface area contributed by atoms with Crippen molar-refractivity contribution in [2.24, 2.45) is 0 Å². The summed E-state index contributed by atoms with van der Waals surface area (Å²) in [5.41, 5.74) is 2.91. The number of aromatic hydroxyl groups is 1. The first-order valence-electron chi connectivity index (χ1n) is 8.51. The van der Waals surface area contributed by atoms with Crippen molar-refractivity contribution in [1.29, 1.82) is 0 Å². The first kappa shape index (κ1) is 19.1. The van der Waals surface area contributed by atoms with E-state index >= 15 is 0 Å². The fourth-order valence-corrected chi connectivity index (χ4v) is 4.18. The Morgan fingerprint density at radius 3 is 2.66 bits per heavy atom. The van der Waals surface area contributed by atoms with Gasteiger partial charge in [-0.15, -0.1) is 11.3 Å². The summed E-state index contributed by atoms with van der Waals surface area (Å²) in [6, 6.07) is 7.65. The van der Waals surface area contributed by atoms with Gasteiger partial charge in [-0.25, -0.2) is 19.3 Å². The summed E-state index contributed by atoms with van der Waals surface area (Å²) >= 11 is 1.20. The number of halogens is 3. The molecule has 0 spiro atoms. The number of hydrogen-bond acceptors (Lipinski definition) is 6. The topological polar surface area (TPSA) is 68.1 Å². The van der Waals surface area contributed by atoms with Crippen molar-refractivity contribution in [1.82, 2.24) is 15.0 Å². The van der Waals surface area contributed by atoms with E-state index < -0.39 is 12.4 Å². The lowest BCUT2D eigenvalue weighted by molar-refractivity contribution is -0.0528. The number of fused-ring (bicyclic) bond motifs is 1. The summed E-state index contributed by atoms with van der Waals surface area (Å²) in [5, 5.41) is 10.7. The fourth-order valence-electron chi connectivity index (χ4n) is 3.04. The molecule has 4 rings (SSSR count). The Kier molecular flexibility index (Phi) is 4.83. The molecule has 0 aliphatic heterocycles. The summed E-state index contributed by atoms with van der Waals surface area (Å²) in [5.74, 6) is -1.01. The lowest BCUT2D eigenvalue weighted by atomic mass is 10.1. The maximum absolute atomic E-state index is 14.3. The van der Waals surface area contributed by atoms with E-state index in [1.54, 1.807) is 13.0 Å². The van der Waals surface area contributed by atoms with E-state index in [0.29, 0.717) is 32.2 Å². The third-order valence-corrected chi connectivity index (χ3v) is 5.43. The molecule has 0 aliphatic rings. The number of aryl methyl sites for hydroxylation is 2. The van der Waals surface area contributed by atoms with E-state index in [1.165, 1.54) is 29.5 Å². The molecular weight excluding hydrogens is 403 g/mol. The van der Waals surface area contributed by atoms with Gasteiger partial charge in [0.05, 0.1) is 33.4 Å². The van der Waals surface area contributed by atoms with Gasteiger partial charge in [-0.05, 0) is 43.7 Å². The zero-order valence-electron chi connectivity index (χ0n) is 15.3. The van der Waals surface area contributed by atoms with E-state index in [9.17, 15) is 18.3 Å². The normalized spacial score (nSPS) is 11.4. The number of rotatable bonds is 4. The molecule has 1 N–H and O–H groups in total. The molecule has 4 aromatic rings. The van der Waals surface area contributed by atoms with Crippen molar-refractivity contribution in [3.05, 3.63) is 53.6 Å². The Balaban J connectivity index is 1.87. The van der Waals surface area contributed by atoms with Crippen LogP contribution >= 0.6 is 11.3 Å². The summed E-state index contributed by atoms with van der Waals surface area (Å²) in [6.07, 6.45) is 1.12. The first-order chi connectivity index (χ1) is 13.8. The summed E-state index contributed by atoms with van der Waals surface area (Å²) in [4.78, 5) is 13.3. The molecule has 0 fully saturated rings. The van der Waals surface area contributed by atoms with Crippen LogP contribution in [0.1, 0.15) is 11.3 Å². The van der Waals surface area contributed by atoms with E-state index in [0.717, 1.165) is 11.8 Å². The molecule has 0 bridgehead atoms. The molecule has 9 heteroatoms. The summed E-state index contributed by atoms with van der Waals surface area (Å²) in [6.45, 7) is 0.554. The number of alkyl halides is 2. The molecule has 29 heavy (non-hydrogen) atoms. The molecule has 5 nitrogen and oxygen atoms in total. The second-order valence-electron chi connectivity index (χ2n) is 6.33. The number of aromatic nitrogens is 3. The zero-order chi connectivity index (χ0) is 20.7. The Labute approximate surface area is 167 Å². The van der Waals surface area contributed by atoms with Crippen LogP contribution in [0, 0.1) is 19.7 Å². The number of nitrogens with zero attached hydrogens (tertiary/aromatic N) is 3. The molecule has 0 saturated carbocycles. The van der Waals surface area contributed by atoms with Crippen LogP contribution in [0.3, 0.4) is 0 Å². The van der Waals surface area contributed by atoms with E-state index in [1.807, 2.05) is 13.0 Å². The Bertz CT molecular complexity index is 1210. The van der Waals surface area contributed by atoms with Crippen LogP contribution < -0.4 is 4.74 Å². The third-order valence-electron chi connectivity index (χ3n) is 4.22. The van der Waals surface area contributed by atoms with Crippen molar-refractivity contribution in [3.63, 3.8) is 0 Å². The molecule has 0 aliphatic carbocycles. The Morgan fingerprint density at radius 2 is 1.93 bits per heavy atom. The highest BCUT2D eigenvalue weighted by Gasteiger charge is 2.20. The number of phenolic OH excluding ortho intramolecular Hbond substituents is 1. The fraction of sp³-hybridized carbons (Fsp3) is 0.150. The van der Waals surface area contributed by atoms with Crippen LogP contribution in [0.25, 0.3) is 32.0 Å². The Morgan fingerprint density at radius 1 is 1.14 bits per heavy atom. The molecule has 0 radical (unpaired) electrons. The van der Waals surface area contributed by atoms with Crippen molar-refractivity contribution >= 4 is 22.4 Å². The van der Waals surface area contributed by atoms with Crippen LogP contribution in [-0.2, 0) is 0 Å². The molecular formula is C20H14F3N3O2S. The number of ether oxygens (including phenoxy) is 1. The van der Waals surface area contributed by atoms with Gasteiger partial charge >= 0.3 is 6.61 Å². The van der Waals surface area contributed by atoms with Crippen LogP contribution in [0.5, 0.6) is 11.6 Å². The quantitative estimate of drug-likeness (QED) is 0.476.